The number of carbonyl (C=O) groups excluding carboxylic acids is 1. The Morgan fingerprint density at radius 2 is 1.94 bits per heavy atom. The molecule has 1 aliphatic rings. The van der Waals surface area contributed by atoms with Crippen molar-refractivity contribution >= 4 is 35.0 Å². The van der Waals surface area contributed by atoms with Gasteiger partial charge in [0.05, 0.1) is 15.8 Å². The highest BCUT2D eigenvalue weighted by atomic mass is 35.5. The zero-order valence-electron chi connectivity index (χ0n) is 15.7. The molecule has 1 N–H and O–H groups in total. The standard InChI is InChI=1S/C19H13ClF3N3O4S/c1-9(16(27)24-11-3-4-13(20)12(7-11)19(21,22)23)31-18-26-25-17(30-18)10-2-5-14-15(6-10)29-8-28-14/h2-7,9H,8H2,1H3,(H,24,27). The Labute approximate surface area is 182 Å². The van der Waals surface area contributed by atoms with Crippen LogP contribution in [0.2, 0.25) is 5.02 Å². The summed E-state index contributed by atoms with van der Waals surface area (Å²) in [4.78, 5) is 12.4. The molecule has 162 valence electrons. The van der Waals surface area contributed by atoms with Crippen LogP contribution in [0.3, 0.4) is 0 Å². The molecule has 1 atom stereocenters. The summed E-state index contributed by atoms with van der Waals surface area (Å²) in [6, 6.07) is 8.28. The number of fused-ring (bicyclic) bond motifs is 1. The van der Waals surface area contributed by atoms with Crippen molar-refractivity contribution in [1.82, 2.24) is 10.2 Å². The predicted octanol–water partition coefficient (Wildman–Crippen LogP) is 5.26. The monoisotopic (exact) mass is 471 g/mol. The molecule has 0 aliphatic carbocycles. The Bertz CT molecular complexity index is 1140. The van der Waals surface area contributed by atoms with Crippen LogP contribution in [0.15, 0.2) is 46.0 Å². The van der Waals surface area contributed by atoms with Crippen LogP contribution in [0.5, 0.6) is 11.5 Å². The summed E-state index contributed by atoms with van der Waals surface area (Å²) in [7, 11) is 0. The SMILES string of the molecule is CC(Sc1nnc(-c2ccc3c(c2)OCO3)o1)C(=O)Nc1ccc(Cl)c(C(F)(F)F)c1. The van der Waals surface area contributed by atoms with Gasteiger partial charge in [0.15, 0.2) is 11.5 Å². The van der Waals surface area contributed by atoms with Crippen molar-refractivity contribution in [2.75, 3.05) is 12.1 Å². The van der Waals surface area contributed by atoms with Gasteiger partial charge >= 0.3 is 6.18 Å². The van der Waals surface area contributed by atoms with E-state index in [1.165, 1.54) is 6.07 Å². The maximum atomic E-state index is 13.0. The molecule has 1 amide bonds. The number of nitrogens with zero attached hydrogens (tertiary/aromatic N) is 2. The maximum Gasteiger partial charge on any atom is 0.417 e. The van der Waals surface area contributed by atoms with Gasteiger partial charge in [0.25, 0.3) is 5.22 Å². The lowest BCUT2D eigenvalue weighted by atomic mass is 10.2. The molecule has 3 aromatic rings. The third-order valence-electron chi connectivity index (χ3n) is 4.21. The fourth-order valence-corrected chi connectivity index (χ4v) is 3.58. The molecule has 31 heavy (non-hydrogen) atoms. The van der Waals surface area contributed by atoms with Crippen LogP contribution in [-0.2, 0) is 11.0 Å². The third kappa shape index (κ3) is 4.72. The highest BCUT2D eigenvalue weighted by Crippen LogP contribution is 2.37. The van der Waals surface area contributed by atoms with E-state index in [1.54, 1.807) is 25.1 Å². The Kier molecular flexibility index (Phi) is 5.71. The molecule has 4 rings (SSSR count). The van der Waals surface area contributed by atoms with Gasteiger partial charge in [0, 0.05) is 11.3 Å². The number of halogens is 4. The summed E-state index contributed by atoms with van der Waals surface area (Å²) in [5.74, 6) is 0.849. The molecule has 0 radical (unpaired) electrons. The Morgan fingerprint density at radius 3 is 2.71 bits per heavy atom. The highest BCUT2D eigenvalue weighted by molar-refractivity contribution is 8.00. The van der Waals surface area contributed by atoms with Gasteiger partial charge in [0.2, 0.25) is 18.6 Å². The molecule has 2 heterocycles. The van der Waals surface area contributed by atoms with Gasteiger partial charge in [-0.15, -0.1) is 10.2 Å². The minimum absolute atomic E-state index is 0.0271. The average molecular weight is 472 g/mol. The van der Waals surface area contributed by atoms with Gasteiger partial charge in [-0.1, -0.05) is 23.4 Å². The van der Waals surface area contributed by atoms with E-state index >= 15 is 0 Å². The van der Waals surface area contributed by atoms with Crippen molar-refractivity contribution in [3.05, 3.63) is 47.0 Å². The van der Waals surface area contributed by atoms with Crippen LogP contribution in [0, 0.1) is 0 Å². The number of hydrogen-bond acceptors (Lipinski definition) is 7. The van der Waals surface area contributed by atoms with E-state index in [-0.39, 0.29) is 23.6 Å². The first-order valence-corrected chi connectivity index (χ1v) is 10.0. The second-order valence-corrected chi connectivity index (χ2v) is 8.08. The van der Waals surface area contributed by atoms with Crippen LogP contribution in [-0.4, -0.2) is 28.1 Å². The van der Waals surface area contributed by atoms with Gasteiger partial charge in [-0.3, -0.25) is 4.79 Å². The van der Waals surface area contributed by atoms with Crippen molar-refractivity contribution in [3.8, 4) is 23.0 Å². The zero-order chi connectivity index (χ0) is 22.2. The second kappa shape index (κ2) is 8.31. The number of thioether (sulfide) groups is 1. The fourth-order valence-electron chi connectivity index (χ4n) is 2.67. The van der Waals surface area contributed by atoms with Crippen LogP contribution in [0.1, 0.15) is 12.5 Å². The zero-order valence-corrected chi connectivity index (χ0v) is 17.3. The molecular weight excluding hydrogens is 459 g/mol. The number of alkyl halides is 3. The number of anilines is 1. The van der Waals surface area contributed by atoms with E-state index in [0.29, 0.717) is 17.1 Å². The van der Waals surface area contributed by atoms with Crippen LogP contribution >= 0.6 is 23.4 Å². The van der Waals surface area contributed by atoms with Gasteiger partial charge < -0.3 is 19.2 Å². The molecule has 2 aromatic carbocycles. The number of benzene rings is 2. The molecule has 0 spiro atoms. The van der Waals surface area contributed by atoms with E-state index in [4.69, 9.17) is 25.5 Å². The van der Waals surface area contributed by atoms with Crippen molar-refractivity contribution in [1.29, 1.82) is 0 Å². The molecule has 1 aromatic heterocycles. The molecule has 1 unspecified atom stereocenters. The first-order valence-electron chi connectivity index (χ1n) is 8.78. The summed E-state index contributed by atoms with van der Waals surface area (Å²) in [6.45, 7) is 1.69. The lowest BCUT2D eigenvalue weighted by Gasteiger charge is -2.13. The summed E-state index contributed by atoms with van der Waals surface area (Å²) < 4.78 is 55.1. The van der Waals surface area contributed by atoms with Crippen LogP contribution in [0.25, 0.3) is 11.5 Å². The predicted molar refractivity (Wildman–Crippen MR) is 106 cm³/mol. The normalized spacial score (nSPS) is 13.8. The largest absolute Gasteiger partial charge is 0.454 e. The summed E-state index contributed by atoms with van der Waals surface area (Å²) in [5, 5.41) is 9.23. The van der Waals surface area contributed by atoms with Gasteiger partial charge in [-0.05, 0) is 43.3 Å². The fraction of sp³-hybridized carbons (Fsp3) is 0.211. The van der Waals surface area contributed by atoms with E-state index in [1.807, 2.05) is 0 Å². The third-order valence-corrected chi connectivity index (χ3v) is 5.48. The number of carbonyl (C=O) groups is 1. The molecule has 7 nitrogen and oxygen atoms in total. The lowest BCUT2D eigenvalue weighted by molar-refractivity contribution is -0.137. The molecule has 0 saturated carbocycles. The molecule has 12 heteroatoms. The van der Waals surface area contributed by atoms with Crippen LogP contribution < -0.4 is 14.8 Å². The van der Waals surface area contributed by atoms with Gasteiger partial charge in [-0.2, -0.15) is 13.2 Å². The Hall–Kier alpha value is -2.92. The Morgan fingerprint density at radius 1 is 1.16 bits per heavy atom. The van der Waals surface area contributed by atoms with Crippen molar-refractivity contribution in [2.45, 2.75) is 23.6 Å². The molecule has 0 bridgehead atoms. The minimum atomic E-state index is -4.63. The van der Waals surface area contributed by atoms with Crippen molar-refractivity contribution in [2.24, 2.45) is 0 Å². The molecule has 0 fully saturated rings. The van der Waals surface area contributed by atoms with Crippen molar-refractivity contribution in [3.63, 3.8) is 0 Å². The number of nitrogens with one attached hydrogen (secondary N) is 1. The number of ether oxygens (including phenoxy) is 2. The molecular formula is C19H13ClF3N3O4S. The maximum absolute atomic E-state index is 13.0. The lowest BCUT2D eigenvalue weighted by Crippen LogP contribution is -2.22. The van der Waals surface area contributed by atoms with Crippen molar-refractivity contribution < 1.29 is 31.9 Å². The van der Waals surface area contributed by atoms with E-state index in [0.717, 1.165) is 23.9 Å². The highest BCUT2D eigenvalue weighted by Gasteiger charge is 2.33. The molecule has 1 aliphatic heterocycles. The topological polar surface area (TPSA) is 86.5 Å². The number of aromatic nitrogens is 2. The average Bonchev–Trinajstić information content (AvgIpc) is 3.37. The summed E-state index contributed by atoms with van der Waals surface area (Å²) >= 11 is 6.56. The Balaban J connectivity index is 1.42. The smallest absolute Gasteiger partial charge is 0.417 e. The summed E-state index contributed by atoms with van der Waals surface area (Å²) in [6.07, 6.45) is -4.63. The first-order chi connectivity index (χ1) is 14.7. The van der Waals surface area contributed by atoms with E-state index in [2.05, 4.69) is 15.5 Å². The van der Waals surface area contributed by atoms with Gasteiger partial charge in [0.1, 0.15) is 0 Å². The van der Waals surface area contributed by atoms with E-state index < -0.39 is 27.9 Å². The van der Waals surface area contributed by atoms with Gasteiger partial charge in [-0.25, -0.2) is 0 Å². The number of rotatable bonds is 5. The number of amides is 1. The van der Waals surface area contributed by atoms with Crippen LogP contribution in [0.4, 0.5) is 18.9 Å². The molecule has 0 saturated heterocycles. The quantitative estimate of drug-likeness (QED) is 0.508. The number of hydrogen-bond donors (Lipinski definition) is 1. The second-order valence-electron chi connectivity index (χ2n) is 6.38. The first kappa shape index (κ1) is 21.3. The summed E-state index contributed by atoms with van der Waals surface area (Å²) in [5.41, 5.74) is -0.445. The minimum Gasteiger partial charge on any atom is -0.454 e. The van der Waals surface area contributed by atoms with E-state index in [9.17, 15) is 18.0 Å².